The van der Waals surface area contributed by atoms with Gasteiger partial charge in [-0.1, -0.05) is 11.8 Å². The minimum atomic E-state index is -0.365. The molecule has 1 heterocycles. The Morgan fingerprint density at radius 3 is 2.70 bits per heavy atom. The molecule has 4 heteroatoms. The summed E-state index contributed by atoms with van der Waals surface area (Å²) >= 11 is 5.55. The first-order valence-corrected chi connectivity index (χ1v) is 6.68. The molecule has 1 aromatic heterocycles. The maximum atomic E-state index is 13.0. The maximum Gasteiger partial charge on any atom is 0.141 e. The topological polar surface area (TPSA) is 22.1 Å². The van der Waals surface area contributed by atoms with Crippen LogP contribution in [0.2, 0.25) is 0 Å². The van der Waals surface area contributed by atoms with Crippen molar-refractivity contribution in [3.05, 3.63) is 59.7 Å². The van der Waals surface area contributed by atoms with Gasteiger partial charge in [0.05, 0.1) is 6.20 Å². The van der Waals surface area contributed by atoms with E-state index in [2.05, 4.69) is 16.8 Å². The molecule has 20 heavy (non-hydrogen) atoms. The zero-order chi connectivity index (χ0) is 14.2. The molecule has 0 radical (unpaired) electrons. The molecule has 0 aliphatic rings. The van der Waals surface area contributed by atoms with E-state index < -0.39 is 0 Å². The Morgan fingerprint density at radius 1 is 1.20 bits per heavy atom. The lowest BCUT2D eigenvalue weighted by atomic mass is 10.2. The third kappa shape index (κ3) is 4.56. The van der Waals surface area contributed by atoms with Crippen LogP contribution in [-0.4, -0.2) is 10.9 Å². The Bertz CT molecular complexity index is 616. The molecule has 0 bridgehead atoms. The van der Waals surface area contributed by atoms with Gasteiger partial charge in [0, 0.05) is 29.6 Å². The number of rotatable bonds is 4. The van der Waals surface area contributed by atoms with E-state index in [1.54, 1.807) is 6.20 Å². The molecule has 2 aromatic rings. The Labute approximate surface area is 122 Å². The van der Waals surface area contributed by atoms with E-state index >= 15 is 0 Å². The van der Waals surface area contributed by atoms with Crippen LogP contribution < -0.4 is 4.74 Å². The second kappa shape index (κ2) is 7.52. The summed E-state index contributed by atoms with van der Waals surface area (Å²) in [4.78, 5) is 3.77. The summed E-state index contributed by atoms with van der Waals surface area (Å²) in [6.45, 7) is 0.280. The van der Waals surface area contributed by atoms with Crippen LogP contribution in [0.3, 0.4) is 0 Å². The van der Waals surface area contributed by atoms with Gasteiger partial charge in [0.2, 0.25) is 0 Å². The van der Waals surface area contributed by atoms with Gasteiger partial charge < -0.3 is 4.74 Å². The fourth-order valence-electron chi connectivity index (χ4n) is 1.55. The molecular weight excluding hydrogens is 277 g/mol. The zero-order valence-corrected chi connectivity index (χ0v) is 11.5. The van der Waals surface area contributed by atoms with Crippen LogP contribution in [0.1, 0.15) is 17.5 Å². The van der Waals surface area contributed by atoms with Crippen LogP contribution in [-0.2, 0) is 6.61 Å². The monoisotopic (exact) mass is 289 g/mol. The van der Waals surface area contributed by atoms with Crippen molar-refractivity contribution in [2.24, 2.45) is 0 Å². The van der Waals surface area contributed by atoms with Crippen LogP contribution >= 0.6 is 11.6 Å². The van der Waals surface area contributed by atoms with Gasteiger partial charge in [-0.05, 0) is 30.3 Å². The first kappa shape index (κ1) is 14.4. The average molecular weight is 290 g/mol. The normalized spacial score (nSPS) is 9.70. The SMILES string of the molecule is Fc1cncc(COc2ccc(C#CCCCl)cc2)c1. The number of hydrogen-bond acceptors (Lipinski definition) is 2. The van der Waals surface area contributed by atoms with Gasteiger partial charge in [-0.3, -0.25) is 4.98 Å². The number of ether oxygens (including phenoxy) is 1. The summed E-state index contributed by atoms with van der Waals surface area (Å²) in [6, 6.07) is 8.81. The number of halogens is 2. The predicted octanol–water partition coefficient (Wildman–Crippen LogP) is 3.78. The van der Waals surface area contributed by atoms with Gasteiger partial charge in [-0.2, -0.15) is 0 Å². The van der Waals surface area contributed by atoms with Gasteiger partial charge in [0.25, 0.3) is 0 Å². The lowest BCUT2D eigenvalue weighted by molar-refractivity contribution is 0.305. The molecule has 0 saturated carbocycles. The molecule has 0 unspecified atom stereocenters. The Kier molecular flexibility index (Phi) is 5.40. The fraction of sp³-hybridized carbons (Fsp3) is 0.188. The third-order valence-corrected chi connectivity index (χ3v) is 2.66. The lowest BCUT2D eigenvalue weighted by Crippen LogP contribution is -1.96. The molecule has 2 nitrogen and oxygen atoms in total. The fourth-order valence-corrected chi connectivity index (χ4v) is 1.64. The van der Waals surface area contributed by atoms with Crippen molar-refractivity contribution in [3.8, 4) is 17.6 Å². The summed E-state index contributed by atoms with van der Waals surface area (Å²) in [5, 5.41) is 0. The van der Waals surface area contributed by atoms with Gasteiger partial charge in [0.15, 0.2) is 0 Å². The van der Waals surface area contributed by atoms with E-state index in [0.29, 0.717) is 23.6 Å². The van der Waals surface area contributed by atoms with Crippen LogP contribution in [0, 0.1) is 17.7 Å². The van der Waals surface area contributed by atoms with Crippen LogP contribution in [0.4, 0.5) is 4.39 Å². The van der Waals surface area contributed by atoms with Crippen LogP contribution in [0.15, 0.2) is 42.7 Å². The summed E-state index contributed by atoms with van der Waals surface area (Å²) in [7, 11) is 0. The second-order valence-electron chi connectivity index (χ2n) is 4.07. The highest BCUT2D eigenvalue weighted by Crippen LogP contribution is 2.14. The molecule has 0 spiro atoms. The van der Waals surface area contributed by atoms with Gasteiger partial charge in [-0.25, -0.2) is 4.39 Å². The number of nitrogens with zero attached hydrogens (tertiary/aromatic N) is 1. The number of hydrogen-bond donors (Lipinski definition) is 0. The van der Waals surface area contributed by atoms with Crippen molar-refractivity contribution < 1.29 is 9.13 Å². The number of benzene rings is 1. The summed E-state index contributed by atoms with van der Waals surface area (Å²) in [5.74, 6) is 6.85. The molecule has 2 rings (SSSR count). The second-order valence-corrected chi connectivity index (χ2v) is 4.44. The van der Waals surface area contributed by atoms with Crippen molar-refractivity contribution in [3.63, 3.8) is 0 Å². The smallest absolute Gasteiger partial charge is 0.141 e. The molecule has 1 aromatic carbocycles. The Morgan fingerprint density at radius 2 is 2.00 bits per heavy atom. The molecule has 0 aliphatic carbocycles. The summed E-state index contributed by atoms with van der Waals surface area (Å²) in [5.41, 5.74) is 1.60. The van der Waals surface area contributed by atoms with Crippen LogP contribution in [0.5, 0.6) is 5.75 Å². The van der Waals surface area contributed by atoms with Crippen molar-refractivity contribution in [1.29, 1.82) is 0 Å². The zero-order valence-electron chi connectivity index (χ0n) is 10.8. The highest BCUT2D eigenvalue weighted by Gasteiger charge is 1.98. The lowest BCUT2D eigenvalue weighted by Gasteiger charge is -2.05. The van der Waals surface area contributed by atoms with Crippen LogP contribution in [0.25, 0.3) is 0 Å². The van der Waals surface area contributed by atoms with Gasteiger partial charge in [-0.15, -0.1) is 11.6 Å². The van der Waals surface area contributed by atoms with Gasteiger partial charge >= 0.3 is 0 Å². The Balaban J connectivity index is 1.93. The van der Waals surface area contributed by atoms with E-state index in [1.165, 1.54) is 6.07 Å². The molecule has 0 atom stereocenters. The minimum Gasteiger partial charge on any atom is -0.489 e. The van der Waals surface area contributed by atoms with Gasteiger partial charge in [0.1, 0.15) is 18.2 Å². The quantitative estimate of drug-likeness (QED) is 0.631. The predicted molar refractivity (Wildman–Crippen MR) is 77.2 cm³/mol. The highest BCUT2D eigenvalue weighted by molar-refractivity contribution is 6.18. The first-order chi connectivity index (χ1) is 9.78. The largest absolute Gasteiger partial charge is 0.489 e. The van der Waals surface area contributed by atoms with Crippen molar-refractivity contribution in [1.82, 2.24) is 4.98 Å². The standard InChI is InChI=1S/C16H13ClFNO/c17-8-2-1-3-13-4-6-16(7-5-13)20-12-14-9-15(18)11-19-10-14/h4-7,9-11H,2,8,12H2. The number of alkyl halides is 1. The molecule has 0 aliphatic heterocycles. The van der Waals surface area contributed by atoms with E-state index in [-0.39, 0.29) is 12.4 Å². The maximum absolute atomic E-state index is 13.0. The van der Waals surface area contributed by atoms with Crippen molar-refractivity contribution in [2.45, 2.75) is 13.0 Å². The highest BCUT2D eigenvalue weighted by atomic mass is 35.5. The first-order valence-electron chi connectivity index (χ1n) is 6.15. The van der Waals surface area contributed by atoms with E-state index in [9.17, 15) is 4.39 Å². The summed E-state index contributed by atoms with van der Waals surface area (Å²) < 4.78 is 18.5. The molecule has 0 N–H and O–H groups in total. The third-order valence-electron chi connectivity index (χ3n) is 2.47. The molecule has 0 fully saturated rings. The van der Waals surface area contributed by atoms with Crippen molar-refractivity contribution >= 4 is 11.6 Å². The molecule has 0 amide bonds. The number of aromatic nitrogens is 1. The van der Waals surface area contributed by atoms with E-state index in [4.69, 9.17) is 16.3 Å². The molecule has 0 saturated heterocycles. The molecule has 102 valence electrons. The number of pyridine rings is 1. The minimum absolute atomic E-state index is 0.280. The van der Waals surface area contributed by atoms with E-state index in [0.717, 1.165) is 11.8 Å². The Hall–Kier alpha value is -2.05. The van der Waals surface area contributed by atoms with E-state index in [1.807, 2.05) is 24.3 Å². The average Bonchev–Trinajstić information content (AvgIpc) is 2.47. The van der Waals surface area contributed by atoms with Crippen molar-refractivity contribution in [2.75, 3.05) is 5.88 Å². The molecular formula is C16H13ClFNO. The summed E-state index contributed by atoms with van der Waals surface area (Å²) in [6.07, 6.45) is 3.42.